The maximum Gasteiger partial charge on any atom is 0.326 e. The fraction of sp³-hybridized carbons (Fsp3) is 0.0714. The van der Waals surface area contributed by atoms with Crippen molar-refractivity contribution in [1.29, 1.82) is 0 Å². The molecule has 6 nitrogen and oxygen atoms in total. The van der Waals surface area contributed by atoms with E-state index in [1.807, 2.05) is 12.1 Å². The molecule has 0 atom stereocenters. The molecule has 1 N–H and O–H groups in total. The molecule has 0 unspecified atom stereocenters. The lowest BCUT2D eigenvalue weighted by molar-refractivity contribution is -0.384. The van der Waals surface area contributed by atoms with Crippen molar-refractivity contribution >= 4 is 39.0 Å². The van der Waals surface area contributed by atoms with Gasteiger partial charge >= 0.3 is 6.03 Å². The Morgan fingerprint density at radius 3 is 2.62 bits per heavy atom. The number of halogens is 1. The summed E-state index contributed by atoms with van der Waals surface area (Å²) in [6, 6.07) is 12.7. The lowest BCUT2D eigenvalue weighted by Crippen LogP contribution is -2.31. The molecule has 0 fully saturated rings. The summed E-state index contributed by atoms with van der Waals surface area (Å²) in [5.41, 5.74) is 1.00. The quantitative estimate of drug-likeness (QED) is 0.671. The summed E-state index contributed by atoms with van der Waals surface area (Å²) in [6.45, 7) is 0. The van der Waals surface area contributed by atoms with Crippen LogP contribution in [0.1, 0.15) is 0 Å². The van der Waals surface area contributed by atoms with Crippen LogP contribution in [0.5, 0.6) is 0 Å². The smallest absolute Gasteiger partial charge is 0.306 e. The highest BCUT2D eigenvalue weighted by Crippen LogP contribution is 2.24. The van der Waals surface area contributed by atoms with Gasteiger partial charge in [0, 0.05) is 23.7 Å². The highest BCUT2D eigenvalue weighted by atomic mass is 79.9. The number of carbonyl (C=O) groups is 1. The summed E-state index contributed by atoms with van der Waals surface area (Å²) in [5.74, 6) is 0. The van der Waals surface area contributed by atoms with Crippen molar-refractivity contribution in [2.45, 2.75) is 0 Å². The van der Waals surface area contributed by atoms with Crippen LogP contribution in [0.15, 0.2) is 53.0 Å². The molecule has 0 aliphatic heterocycles. The number of urea groups is 1. The van der Waals surface area contributed by atoms with Crippen LogP contribution in [0, 0.1) is 10.1 Å². The number of nitro benzene ring substituents is 1. The number of nitrogens with zero attached hydrogens (tertiary/aromatic N) is 2. The summed E-state index contributed by atoms with van der Waals surface area (Å²) >= 11 is 3.34. The summed E-state index contributed by atoms with van der Waals surface area (Å²) in [7, 11) is 1.55. The molecule has 2 rings (SSSR count). The monoisotopic (exact) mass is 349 g/mol. The van der Waals surface area contributed by atoms with Crippen LogP contribution >= 0.6 is 15.9 Å². The van der Waals surface area contributed by atoms with Crippen LogP contribution < -0.4 is 10.2 Å². The molecular weight excluding hydrogens is 338 g/mol. The average Bonchev–Trinajstić information content (AvgIpc) is 2.49. The van der Waals surface area contributed by atoms with Gasteiger partial charge < -0.3 is 5.32 Å². The van der Waals surface area contributed by atoms with Gasteiger partial charge in [-0.3, -0.25) is 15.0 Å². The molecular formula is C14H12BrN3O3. The maximum atomic E-state index is 12.2. The Morgan fingerprint density at radius 2 is 1.95 bits per heavy atom. The predicted octanol–water partition coefficient (Wildman–Crippen LogP) is 4.03. The molecule has 0 aliphatic rings. The Bertz CT molecular complexity index is 691. The van der Waals surface area contributed by atoms with Gasteiger partial charge in [0.25, 0.3) is 5.69 Å². The second-order valence-electron chi connectivity index (χ2n) is 4.25. The first-order valence-corrected chi connectivity index (χ1v) is 6.82. The van der Waals surface area contributed by atoms with Crippen molar-refractivity contribution in [1.82, 2.24) is 0 Å². The van der Waals surface area contributed by atoms with Gasteiger partial charge in [-0.1, -0.05) is 18.2 Å². The first kappa shape index (κ1) is 15.0. The number of anilines is 2. The second kappa shape index (κ2) is 6.36. The summed E-state index contributed by atoms with van der Waals surface area (Å²) in [6.07, 6.45) is 0. The molecule has 2 aromatic rings. The van der Waals surface area contributed by atoms with Crippen LogP contribution in [0.4, 0.5) is 21.9 Å². The van der Waals surface area contributed by atoms with Gasteiger partial charge in [-0.15, -0.1) is 0 Å². The van der Waals surface area contributed by atoms with E-state index in [9.17, 15) is 14.9 Å². The summed E-state index contributed by atoms with van der Waals surface area (Å²) < 4.78 is 0.755. The van der Waals surface area contributed by atoms with Crippen molar-refractivity contribution in [3.63, 3.8) is 0 Å². The fourth-order valence-electron chi connectivity index (χ4n) is 1.69. The SMILES string of the molecule is CN(C(=O)Nc1ccccc1Br)c1cccc([N+](=O)[O-])c1. The van der Waals surface area contributed by atoms with Gasteiger partial charge in [-0.2, -0.15) is 0 Å². The van der Waals surface area contributed by atoms with E-state index in [2.05, 4.69) is 21.2 Å². The molecule has 0 saturated heterocycles. The van der Waals surface area contributed by atoms with Gasteiger partial charge in [0.05, 0.1) is 16.3 Å². The Hall–Kier alpha value is -2.41. The van der Waals surface area contributed by atoms with E-state index < -0.39 is 4.92 Å². The van der Waals surface area contributed by atoms with Gasteiger partial charge in [-0.05, 0) is 34.1 Å². The van der Waals surface area contributed by atoms with Crippen LogP contribution in [0.2, 0.25) is 0 Å². The van der Waals surface area contributed by atoms with Gasteiger partial charge in [0.1, 0.15) is 0 Å². The molecule has 0 heterocycles. The number of para-hydroxylation sites is 1. The van der Waals surface area contributed by atoms with Crippen molar-refractivity contribution in [3.05, 3.63) is 63.1 Å². The molecule has 0 aromatic heterocycles. The third-order valence-electron chi connectivity index (χ3n) is 2.85. The van der Waals surface area contributed by atoms with Crippen molar-refractivity contribution in [2.24, 2.45) is 0 Å². The Labute approximate surface area is 129 Å². The Balaban J connectivity index is 2.18. The zero-order valence-corrected chi connectivity index (χ0v) is 12.7. The number of hydrogen-bond donors (Lipinski definition) is 1. The minimum atomic E-state index is -0.497. The fourth-order valence-corrected chi connectivity index (χ4v) is 2.08. The minimum absolute atomic E-state index is 0.0620. The Morgan fingerprint density at radius 1 is 1.24 bits per heavy atom. The molecule has 2 aromatic carbocycles. The van der Waals surface area contributed by atoms with E-state index in [1.54, 1.807) is 25.2 Å². The predicted molar refractivity (Wildman–Crippen MR) is 84.7 cm³/mol. The largest absolute Gasteiger partial charge is 0.326 e. The molecule has 0 saturated carbocycles. The third-order valence-corrected chi connectivity index (χ3v) is 3.54. The number of nitrogens with one attached hydrogen (secondary N) is 1. The highest BCUT2D eigenvalue weighted by Gasteiger charge is 2.15. The molecule has 108 valence electrons. The number of non-ortho nitro benzene ring substituents is 1. The number of rotatable bonds is 3. The van der Waals surface area contributed by atoms with E-state index in [-0.39, 0.29) is 11.7 Å². The molecule has 0 spiro atoms. The lowest BCUT2D eigenvalue weighted by Gasteiger charge is -2.18. The number of carbonyl (C=O) groups excluding carboxylic acids is 1. The minimum Gasteiger partial charge on any atom is -0.306 e. The van der Waals surface area contributed by atoms with E-state index in [0.29, 0.717) is 11.4 Å². The third kappa shape index (κ3) is 3.57. The van der Waals surface area contributed by atoms with Crippen molar-refractivity contribution < 1.29 is 9.72 Å². The summed E-state index contributed by atoms with van der Waals surface area (Å²) in [5, 5.41) is 13.5. The van der Waals surface area contributed by atoms with Crippen LogP contribution in [-0.2, 0) is 0 Å². The number of amides is 2. The van der Waals surface area contributed by atoms with Crippen molar-refractivity contribution in [2.75, 3.05) is 17.3 Å². The van der Waals surface area contributed by atoms with E-state index in [1.165, 1.54) is 23.1 Å². The molecule has 21 heavy (non-hydrogen) atoms. The van der Waals surface area contributed by atoms with Crippen molar-refractivity contribution in [3.8, 4) is 0 Å². The number of nitro groups is 1. The van der Waals surface area contributed by atoms with Gasteiger partial charge in [0.2, 0.25) is 0 Å². The van der Waals surface area contributed by atoms with Gasteiger partial charge in [-0.25, -0.2) is 4.79 Å². The van der Waals surface area contributed by atoms with E-state index >= 15 is 0 Å². The molecule has 7 heteroatoms. The summed E-state index contributed by atoms with van der Waals surface area (Å²) in [4.78, 5) is 23.7. The molecule has 0 bridgehead atoms. The van der Waals surface area contributed by atoms with E-state index in [4.69, 9.17) is 0 Å². The average molecular weight is 350 g/mol. The number of benzene rings is 2. The zero-order chi connectivity index (χ0) is 15.4. The molecule has 2 amide bonds. The van der Waals surface area contributed by atoms with Crippen LogP contribution in [0.3, 0.4) is 0 Å². The highest BCUT2D eigenvalue weighted by molar-refractivity contribution is 9.10. The standard InChI is InChI=1S/C14H12BrN3O3/c1-17(10-5-4-6-11(9-10)18(20)21)14(19)16-13-8-3-2-7-12(13)15/h2-9H,1H3,(H,16,19). The molecule has 0 aliphatic carbocycles. The van der Waals surface area contributed by atoms with Crippen LogP contribution in [-0.4, -0.2) is 18.0 Å². The number of hydrogen-bond acceptors (Lipinski definition) is 3. The second-order valence-corrected chi connectivity index (χ2v) is 5.10. The first-order valence-electron chi connectivity index (χ1n) is 6.03. The van der Waals surface area contributed by atoms with Crippen LogP contribution in [0.25, 0.3) is 0 Å². The normalized spacial score (nSPS) is 10.0. The molecule has 0 radical (unpaired) electrons. The van der Waals surface area contributed by atoms with Gasteiger partial charge in [0.15, 0.2) is 0 Å². The maximum absolute atomic E-state index is 12.2. The first-order chi connectivity index (χ1) is 9.99. The zero-order valence-electron chi connectivity index (χ0n) is 11.1. The van der Waals surface area contributed by atoms with E-state index in [0.717, 1.165) is 4.47 Å². The Kier molecular flexibility index (Phi) is 4.54. The lowest BCUT2D eigenvalue weighted by atomic mass is 10.2. The topological polar surface area (TPSA) is 75.5 Å².